The van der Waals surface area contributed by atoms with Crippen molar-refractivity contribution in [3.63, 3.8) is 0 Å². The van der Waals surface area contributed by atoms with Crippen LogP contribution in [-0.4, -0.2) is 61.2 Å². The molecule has 136 valence electrons. The number of aromatic nitrogens is 5. The molecule has 0 radical (unpaired) electrons. The summed E-state index contributed by atoms with van der Waals surface area (Å²) in [5, 5.41) is 15.7. The molecule has 1 fully saturated rings. The monoisotopic (exact) mass is 347 g/mol. The first-order valence-corrected chi connectivity index (χ1v) is 8.68. The van der Waals surface area contributed by atoms with Crippen molar-refractivity contribution in [1.29, 1.82) is 0 Å². The first-order chi connectivity index (χ1) is 12.0. The Morgan fingerprint density at radius 2 is 2.20 bits per heavy atom. The maximum absolute atomic E-state index is 12.6. The molecular formula is C16H25N7O2. The van der Waals surface area contributed by atoms with Crippen molar-refractivity contribution in [2.24, 2.45) is 5.92 Å². The molecule has 25 heavy (non-hydrogen) atoms. The average molecular weight is 347 g/mol. The minimum atomic E-state index is -0.172. The van der Waals surface area contributed by atoms with Gasteiger partial charge in [0.2, 0.25) is 5.91 Å². The minimum absolute atomic E-state index is 0.0729. The number of hydrogen-bond acceptors (Lipinski definition) is 7. The summed E-state index contributed by atoms with van der Waals surface area (Å²) in [6, 6.07) is 1.59. The lowest BCUT2D eigenvalue weighted by Gasteiger charge is -2.29. The van der Waals surface area contributed by atoms with Crippen LogP contribution in [0.4, 0.5) is 0 Å². The molecule has 2 aromatic rings. The Hall–Kier alpha value is -2.29. The Balaban J connectivity index is 1.59. The van der Waals surface area contributed by atoms with Gasteiger partial charge in [0.15, 0.2) is 5.82 Å². The zero-order chi connectivity index (χ0) is 17.8. The fourth-order valence-electron chi connectivity index (χ4n) is 2.97. The quantitative estimate of drug-likeness (QED) is 0.773. The number of piperidine rings is 1. The highest BCUT2D eigenvalue weighted by Gasteiger charge is 2.23. The van der Waals surface area contributed by atoms with Crippen molar-refractivity contribution < 1.29 is 9.32 Å². The van der Waals surface area contributed by atoms with Crippen molar-refractivity contribution >= 4 is 5.91 Å². The van der Waals surface area contributed by atoms with Gasteiger partial charge in [0.05, 0.1) is 12.6 Å². The van der Waals surface area contributed by atoms with Gasteiger partial charge in [0.25, 0.3) is 0 Å². The number of tetrazole rings is 1. The van der Waals surface area contributed by atoms with Crippen LogP contribution in [0.1, 0.15) is 44.2 Å². The summed E-state index contributed by atoms with van der Waals surface area (Å²) in [6.45, 7) is 7.08. The number of nitrogens with zero attached hydrogens (tertiary/aromatic N) is 7. The van der Waals surface area contributed by atoms with Crippen LogP contribution in [0.5, 0.6) is 0 Å². The minimum Gasteiger partial charge on any atom is -0.364 e. The van der Waals surface area contributed by atoms with Gasteiger partial charge in [-0.15, -0.1) is 5.10 Å². The summed E-state index contributed by atoms with van der Waals surface area (Å²) in [4.78, 5) is 16.5. The van der Waals surface area contributed by atoms with Crippen LogP contribution in [0.25, 0.3) is 0 Å². The lowest BCUT2D eigenvalue weighted by molar-refractivity contribution is -0.132. The van der Waals surface area contributed by atoms with Crippen molar-refractivity contribution in [2.75, 3.05) is 20.1 Å². The Morgan fingerprint density at radius 1 is 1.44 bits per heavy atom. The molecule has 1 saturated heterocycles. The highest BCUT2D eigenvalue weighted by molar-refractivity contribution is 5.76. The zero-order valence-corrected chi connectivity index (χ0v) is 15.0. The standard InChI is InChI=1S/C16H25N7O2/c1-12-4-7-22(8-5-12)10-15-17-19-20-23(15)11-16(24)21(3)13(2)14-6-9-25-18-14/h6,9,12-13H,4-5,7-8,10-11H2,1-3H3. The third-order valence-electron chi connectivity index (χ3n) is 4.99. The van der Waals surface area contributed by atoms with Crippen LogP contribution in [0.15, 0.2) is 16.9 Å². The molecule has 2 aromatic heterocycles. The van der Waals surface area contributed by atoms with E-state index in [9.17, 15) is 4.79 Å². The maximum Gasteiger partial charge on any atom is 0.244 e. The summed E-state index contributed by atoms with van der Waals surface area (Å²) in [5.74, 6) is 1.43. The molecule has 9 heteroatoms. The molecule has 1 amide bonds. The molecule has 0 aliphatic carbocycles. The van der Waals surface area contributed by atoms with E-state index in [0.717, 1.165) is 30.5 Å². The van der Waals surface area contributed by atoms with Crippen LogP contribution >= 0.6 is 0 Å². The van der Waals surface area contributed by atoms with E-state index in [4.69, 9.17) is 4.52 Å². The van der Waals surface area contributed by atoms with Crippen LogP contribution in [-0.2, 0) is 17.9 Å². The number of carbonyl (C=O) groups excluding carboxylic acids is 1. The third kappa shape index (κ3) is 4.22. The topological polar surface area (TPSA) is 93.2 Å². The molecule has 3 rings (SSSR count). The van der Waals surface area contributed by atoms with E-state index < -0.39 is 0 Å². The summed E-state index contributed by atoms with van der Waals surface area (Å²) in [6.07, 6.45) is 3.89. The predicted octanol–water partition coefficient (Wildman–Crippen LogP) is 1.11. The summed E-state index contributed by atoms with van der Waals surface area (Å²) in [5.41, 5.74) is 0.718. The summed E-state index contributed by atoms with van der Waals surface area (Å²) >= 11 is 0. The van der Waals surface area contributed by atoms with E-state index in [0.29, 0.717) is 6.54 Å². The van der Waals surface area contributed by atoms with Gasteiger partial charge in [-0.05, 0) is 49.2 Å². The highest BCUT2D eigenvalue weighted by atomic mass is 16.5. The molecule has 0 aromatic carbocycles. The molecule has 0 spiro atoms. The Labute approximate surface area is 146 Å². The first-order valence-electron chi connectivity index (χ1n) is 8.68. The fraction of sp³-hybridized carbons (Fsp3) is 0.688. The van der Waals surface area contributed by atoms with E-state index in [2.05, 4.69) is 32.5 Å². The van der Waals surface area contributed by atoms with Gasteiger partial charge in [0, 0.05) is 13.1 Å². The van der Waals surface area contributed by atoms with Gasteiger partial charge in [-0.2, -0.15) is 0 Å². The van der Waals surface area contributed by atoms with E-state index in [-0.39, 0.29) is 18.5 Å². The largest absolute Gasteiger partial charge is 0.364 e. The van der Waals surface area contributed by atoms with Gasteiger partial charge >= 0.3 is 0 Å². The molecule has 9 nitrogen and oxygen atoms in total. The van der Waals surface area contributed by atoms with Crippen LogP contribution in [0.3, 0.4) is 0 Å². The molecule has 3 heterocycles. The van der Waals surface area contributed by atoms with Gasteiger partial charge in [0.1, 0.15) is 18.5 Å². The molecule has 1 aliphatic rings. The van der Waals surface area contributed by atoms with Crippen molar-refractivity contribution in [3.05, 3.63) is 23.8 Å². The number of rotatable bonds is 6. The molecule has 1 unspecified atom stereocenters. The molecule has 1 aliphatic heterocycles. The average Bonchev–Trinajstić information content (AvgIpc) is 3.28. The summed E-state index contributed by atoms with van der Waals surface area (Å²) in [7, 11) is 1.75. The lowest BCUT2D eigenvalue weighted by Crippen LogP contribution is -2.35. The molecule has 0 bridgehead atoms. The number of likely N-dealkylation sites (tertiary alicyclic amines) is 1. The number of likely N-dealkylation sites (N-methyl/N-ethyl adjacent to an activating group) is 1. The second-order valence-electron chi connectivity index (χ2n) is 6.82. The second-order valence-corrected chi connectivity index (χ2v) is 6.82. The van der Waals surface area contributed by atoms with Gasteiger partial charge in [-0.1, -0.05) is 12.1 Å². The maximum atomic E-state index is 12.6. The zero-order valence-electron chi connectivity index (χ0n) is 15.0. The van der Waals surface area contributed by atoms with Crippen LogP contribution in [0.2, 0.25) is 0 Å². The molecule has 0 N–H and O–H groups in total. The van der Waals surface area contributed by atoms with Crippen LogP contribution < -0.4 is 0 Å². The van der Waals surface area contributed by atoms with Crippen LogP contribution in [0, 0.1) is 5.92 Å². The van der Waals surface area contributed by atoms with E-state index >= 15 is 0 Å². The van der Waals surface area contributed by atoms with E-state index in [1.165, 1.54) is 19.1 Å². The van der Waals surface area contributed by atoms with Gasteiger partial charge in [-0.3, -0.25) is 9.69 Å². The Morgan fingerprint density at radius 3 is 2.88 bits per heavy atom. The van der Waals surface area contributed by atoms with Crippen molar-refractivity contribution in [2.45, 2.75) is 45.8 Å². The Kier molecular flexibility index (Phi) is 5.42. The first kappa shape index (κ1) is 17.5. The highest BCUT2D eigenvalue weighted by Crippen LogP contribution is 2.18. The van der Waals surface area contributed by atoms with E-state index in [1.807, 2.05) is 6.92 Å². The van der Waals surface area contributed by atoms with Crippen molar-refractivity contribution in [3.8, 4) is 0 Å². The number of hydrogen-bond donors (Lipinski definition) is 0. The normalized spacial score (nSPS) is 17.6. The molecule has 1 atom stereocenters. The third-order valence-corrected chi connectivity index (χ3v) is 4.99. The van der Waals surface area contributed by atoms with E-state index in [1.54, 1.807) is 22.7 Å². The fourth-order valence-corrected chi connectivity index (χ4v) is 2.97. The summed E-state index contributed by atoms with van der Waals surface area (Å²) < 4.78 is 6.44. The SMILES string of the molecule is CC1CCN(Cc2nnnn2CC(=O)N(C)C(C)c2ccon2)CC1. The predicted molar refractivity (Wildman–Crippen MR) is 89.2 cm³/mol. The lowest BCUT2D eigenvalue weighted by atomic mass is 9.99. The van der Waals surface area contributed by atoms with Crippen molar-refractivity contribution in [1.82, 2.24) is 35.2 Å². The van der Waals surface area contributed by atoms with Gasteiger partial charge < -0.3 is 9.42 Å². The molecule has 0 saturated carbocycles. The molecular weight excluding hydrogens is 322 g/mol. The van der Waals surface area contributed by atoms with Gasteiger partial charge in [-0.25, -0.2) is 4.68 Å². The Bertz CT molecular complexity index is 676. The number of carbonyl (C=O) groups is 1. The second kappa shape index (κ2) is 7.73. The number of amides is 1. The smallest absolute Gasteiger partial charge is 0.244 e.